The molecule has 21 saturated heterocycles. The second-order valence-corrected chi connectivity index (χ2v) is 27.7. The van der Waals surface area contributed by atoms with Crippen molar-refractivity contribution in [1.29, 1.82) is 0 Å². The first-order valence-electron chi connectivity index (χ1n) is 33.1. The molecule has 21 fully saturated rings. The number of carboxylic acid groups (broad SMARTS) is 2. The summed E-state index contributed by atoms with van der Waals surface area (Å²) < 4.78 is 93.2. The normalized spacial score (nSPS) is 44.9. The molecule has 594 valence electrons. The summed E-state index contributed by atoms with van der Waals surface area (Å²) >= 11 is 1.66. The van der Waals surface area contributed by atoms with Gasteiger partial charge in [0.25, 0.3) is 0 Å². The van der Waals surface area contributed by atoms with Crippen LogP contribution in [0.5, 0.6) is 0 Å². The average molecular weight is 1540 g/mol. The number of nitrogens with one attached hydrogen (secondary N) is 1. The Balaban J connectivity index is 1.08. The average Bonchev–Trinajstić information content (AvgIpc) is 0.791. The fourth-order valence-electron chi connectivity index (χ4n) is 12.6. The summed E-state index contributed by atoms with van der Waals surface area (Å²) in [6.45, 7) is -2.20. The molecule has 0 aromatic rings. The molecule has 21 heterocycles. The zero-order valence-electron chi connectivity index (χ0n) is 55.3. The molecule has 21 aliphatic rings. The highest BCUT2D eigenvalue weighted by atomic mass is 32.2. The lowest BCUT2D eigenvalue weighted by Crippen LogP contribution is -2.68. The highest BCUT2D eigenvalue weighted by Crippen LogP contribution is 2.40. The van der Waals surface area contributed by atoms with E-state index in [0.29, 0.717) is 0 Å². The zero-order chi connectivity index (χ0) is 75.4. The molecule has 103 heavy (non-hydrogen) atoms. The van der Waals surface area contributed by atoms with Gasteiger partial charge in [-0.3, -0.25) is 14.4 Å². The number of hydrogen-bond donors (Lipinski definition) is 22. The van der Waals surface area contributed by atoms with Crippen molar-refractivity contribution in [2.75, 3.05) is 89.5 Å². The number of aliphatic hydroxyl groups excluding tert-OH is 19. The van der Waals surface area contributed by atoms with E-state index >= 15 is 0 Å². The maximum Gasteiger partial charge on any atom is 0.321 e. The number of carbonyl (C=O) groups excluding carboxylic acids is 2. The van der Waals surface area contributed by atoms with E-state index in [2.05, 4.69) is 12.2 Å². The summed E-state index contributed by atoms with van der Waals surface area (Å²) in [4.78, 5) is 48.6. The standard InChI is InChI=1S/C59H95NO41S2/c1-19(66)3-5-86-7-8-87-6-4-21(67)9-20(51(82)83)15-102-17-28-49-35(73)42(80)58(93-28)98-47-26(13-64)89-55(38(76)31(47)69)97-46-25(12-63)92-57(41(79)34(46)72)101-50-29(18-103-16-22(60-2)52(84)85)94-59(43(81)36(50)74)99-48-27(14-65)90-54(39(77)32(48)70)95-44-23(10-61)88-53(37(75)30(44)68)96-45-24(11-62)91-56(100-49)40(78)33(45)71/h20,22-50,53-65,68-81H,1,3-18H2,2H3,(H-,82,83,84,85)/p+1/t20-,22-,23?,24?,25?,26?,27?,28?,29?,30-,31-,32-,33-,34-,35-,36-,37?,38?,39?,40?,41?,42?,43?,44-,45-,46-,47-,48-,49-,50-,53-,54-,55+,56-,57+,58-,59+/m1/s1. The summed E-state index contributed by atoms with van der Waals surface area (Å²) in [7, 11) is 1.35. The Morgan fingerprint density at radius 3 is 0.854 bits per heavy atom. The van der Waals surface area contributed by atoms with Gasteiger partial charge >= 0.3 is 17.7 Å². The molecule has 22 N–H and O–H groups in total. The predicted octanol–water partition coefficient (Wildman–Crippen LogP) is -13.2. The summed E-state index contributed by atoms with van der Waals surface area (Å²) in [5.41, 5.74) is 0. The SMILES string of the molecule is [CH2+]C(=O)CCOCCOCCC(=O)C[C@H](CSCC1O[C@@H]2O[C@@H]3C(CO)O[C@@H](O[C@@H]4C(CO)O[C@@H](O[C@@H]5C(CSC[C@@H](NC)C(=O)O)O[C@@H](O[C@@H]6C(CO)O[C@H](O[C@@H]7C(CO)O[C@H](O[C@@H]8C(CO)O[C@H](O[C@H]1[C@H](O)C2O)C(O)[C@H]8O)C(O)[C@H]7O)C(O)[C@H]6O)C(O)[C@H]5O)C(O)[C@H]4O)C(O)[C@H]3O)C(=O)O. The number of aliphatic carboxylic acids is 2. The Hall–Kier alpha value is -2.59. The van der Waals surface area contributed by atoms with Crippen LogP contribution in [0.1, 0.15) is 19.3 Å². The Morgan fingerprint density at radius 2 is 0.612 bits per heavy atom. The predicted molar refractivity (Wildman–Crippen MR) is 331 cm³/mol. The van der Waals surface area contributed by atoms with E-state index in [0.717, 1.165) is 23.5 Å². The van der Waals surface area contributed by atoms with Crippen molar-refractivity contribution < 1.29 is 202 Å². The van der Waals surface area contributed by atoms with Crippen LogP contribution in [0.15, 0.2) is 0 Å². The van der Waals surface area contributed by atoms with Crippen LogP contribution in [0.3, 0.4) is 0 Å². The van der Waals surface area contributed by atoms with Crippen LogP contribution in [0, 0.1) is 12.8 Å². The molecular weight excluding hydrogens is 1440 g/mol. The molecule has 37 atom stereocenters. The Morgan fingerprint density at radius 1 is 0.359 bits per heavy atom. The largest absolute Gasteiger partial charge is 0.481 e. The minimum absolute atomic E-state index is 0.0441. The van der Waals surface area contributed by atoms with Crippen molar-refractivity contribution in [3.05, 3.63) is 6.92 Å². The van der Waals surface area contributed by atoms with Crippen LogP contribution >= 0.6 is 23.5 Å². The molecule has 0 spiro atoms. The molecule has 0 aliphatic carbocycles. The molecule has 0 aromatic heterocycles. The first-order valence-corrected chi connectivity index (χ1v) is 35.4. The van der Waals surface area contributed by atoms with E-state index in [9.17, 15) is 126 Å². The van der Waals surface area contributed by atoms with E-state index in [4.69, 9.17) is 75.8 Å². The molecule has 42 nitrogen and oxygen atoms in total. The number of likely N-dealkylation sites (N-methyl/N-ethyl adjacent to an activating group) is 1. The number of Topliss-reactive ketones (excluding diaryl/α,β-unsaturated/α-hetero) is 2. The third-order valence-corrected chi connectivity index (χ3v) is 20.8. The van der Waals surface area contributed by atoms with Crippen LogP contribution in [-0.2, 0) is 95.0 Å². The van der Waals surface area contributed by atoms with Gasteiger partial charge in [0.05, 0.1) is 84.0 Å². The summed E-state index contributed by atoms with van der Waals surface area (Å²) in [5.74, 6) is -6.36. The van der Waals surface area contributed by atoms with Crippen LogP contribution in [0.2, 0.25) is 0 Å². The van der Waals surface area contributed by atoms with Gasteiger partial charge in [-0.25, -0.2) is 4.79 Å². The number of thioether (sulfide) groups is 2. The Labute approximate surface area is 595 Å². The van der Waals surface area contributed by atoms with E-state index in [-0.39, 0.29) is 62.3 Å². The summed E-state index contributed by atoms with van der Waals surface area (Å²) in [6, 6.07) is -1.18. The van der Waals surface area contributed by atoms with E-state index in [1.165, 1.54) is 7.05 Å². The molecule has 21 aliphatic heterocycles. The minimum Gasteiger partial charge on any atom is -0.481 e. The molecule has 0 radical (unpaired) electrons. The third kappa shape index (κ3) is 20.9. The van der Waals surface area contributed by atoms with Crippen LogP contribution in [0.4, 0.5) is 0 Å². The molecule has 14 unspecified atom stereocenters. The topological polar surface area (TPSA) is 653 Å². The highest BCUT2D eigenvalue weighted by Gasteiger charge is 2.60. The fourth-order valence-corrected chi connectivity index (χ4v) is 14.9. The fraction of sp³-hybridized carbons (Fsp3) is 0.915. The Kier molecular flexibility index (Phi) is 33.3. The lowest BCUT2D eigenvalue weighted by Gasteiger charge is -2.50. The Bertz CT molecular complexity index is 2610. The highest BCUT2D eigenvalue weighted by molar-refractivity contribution is 7.99. The number of ketones is 2. The van der Waals surface area contributed by atoms with Crippen molar-refractivity contribution >= 4 is 47.0 Å². The molecular formula is C59H96NO41S2+. The maximum absolute atomic E-state index is 13.0. The summed E-state index contributed by atoms with van der Waals surface area (Å²) in [5, 5.41) is 239. The van der Waals surface area contributed by atoms with Crippen molar-refractivity contribution in [2.24, 2.45) is 5.92 Å². The second kappa shape index (κ2) is 39.9. The molecule has 0 amide bonds. The lowest BCUT2D eigenvalue weighted by molar-refractivity contribution is -0.395. The van der Waals surface area contributed by atoms with E-state index < -0.39 is 290 Å². The van der Waals surface area contributed by atoms with Crippen LogP contribution in [-0.4, -0.2) is 441 Å². The van der Waals surface area contributed by atoms with Gasteiger partial charge in [0, 0.05) is 35.9 Å². The maximum atomic E-state index is 13.0. The van der Waals surface area contributed by atoms with Gasteiger partial charge in [-0.2, -0.15) is 23.5 Å². The zero-order valence-corrected chi connectivity index (χ0v) is 56.9. The van der Waals surface area contributed by atoms with Crippen molar-refractivity contribution in [3.63, 3.8) is 0 Å². The van der Waals surface area contributed by atoms with Crippen molar-refractivity contribution in [3.8, 4) is 0 Å². The van der Waals surface area contributed by atoms with Gasteiger partial charge in [-0.05, 0) is 7.05 Å². The van der Waals surface area contributed by atoms with Gasteiger partial charge in [-0.15, -0.1) is 0 Å². The van der Waals surface area contributed by atoms with Gasteiger partial charge in [0.2, 0.25) is 0 Å². The quantitative estimate of drug-likeness (QED) is 0.0268. The molecule has 0 saturated carbocycles. The van der Waals surface area contributed by atoms with E-state index in [1.807, 2.05) is 0 Å². The minimum atomic E-state index is -2.32. The number of hydrogen-bond acceptors (Lipinski definition) is 42. The van der Waals surface area contributed by atoms with Gasteiger partial charge in [0.1, 0.15) is 177 Å². The first kappa shape index (κ1) is 86.0. The second-order valence-electron chi connectivity index (χ2n) is 25.6. The van der Waals surface area contributed by atoms with Crippen LogP contribution in [0.25, 0.3) is 0 Å². The third-order valence-electron chi connectivity index (χ3n) is 18.5. The van der Waals surface area contributed by atoms with Crippen LogP contribution < -0.4 is 5.32 Å². The van der Waals surface area contributed by atoms with Gasteiger partial charge in [-0.1, -0.05) is 0 Å². The number of ether oxygens (including phenoxy) is 16. The molecule has 21 rings (SSSR count). The number of rotatable bonds is 27. The first-order chi connectivity index (χ1) is 49.0. The van der Waals surface area contributed by atoms with Gasteiger partial charge in [0.15, 0.2) is 44.0 Å². The number of carboxylic acids is 2. The van der Waals surface area contributed by atoms with Crippen molar-refractivity contribution in [1.82, 2.24) is 5.32 Å². The number of carbonyl (C=O) groups is 4. The monoisotopic (exact) mass is 1540 g/mol. The molecule has 0 aromatic carbocycles. The van der Waals surface area contributed by atoms with Crippen molar-refractivity contribution in [2.45, 2.75) is 240 Å². The number of aliphatic hydroxyl groups is 19. The molecule has 44 heteroatoms. The smallest absolute Gasteiger partial charge is 0.321 e. The van der Waals surface area contributed by atoms with Gasteiger partial charge < -0.3 is 188 Å². The molecule has 14 bridgehead atoms. The van der Waals surface area contributed by atoms with E-state index in [1.54, 1.807) is 0 Å². The lowest BCUT2D eigenvalue weighted by atomic mass is 9.95. The summed E-state index contributed by atoms with van der Waals surface area (Å²) in [6.07, 6.45) is -73.3.